The van der Waals surface area contributed by atoms with Crippen LogP contribution in [0.5, 0.6) is 0 Å². The predicted octanol–water partition coefficient (Wildman–Crippen LogP) is 2.58. The average Bonchev–Trinajstić information content (AvgIpc) is 3.20. The summed E-state index contributed by atoms with van der Waals surface area (Å²) in [6, 6.07) is 14.1. The van der Waals surface area contributed by atoms with Crippen LogP contribution in [0.2, 0.25) is 5.02 Å². The van der Waals surface area contributed by atoms with Crippen molar-refractivity contribution in [1.29, 1.82) is 0 Å². The first kappa shape index (κ1) is 18.5. The molecular weight excluding hydrogens is 384 g/mol. The Morgan fingerprint density at radius 1 is 1.04 bits per heavy atom. The van der Waals surface area contributed by atoms with Crippen molar-refractivity contribution in [2.24, 2.45) is 5.92 Å². The van der Waals surface area contributed by atoms with Crippen LogP contribution in [-0.2, 0) is 24.0 Å². The molecule has 3 atom stereocenters. The molecule has 4 rings (SSSR count). The van der Waals surface area contributed by atoms with Crippen LogP contribution in [0.15, 0.2) is 54.6 Å². The highest BCUT2D eigenvalue weighted by Crippen LogP contribution is 2.40. The molecule has 2 heterocycles. The molecule has 0 aromatic heterocycles. The average molecular weight is 401 g/mol. The number of amides is 2. The predicted molar refractivity (Wildman–Crippen MR) is 102 cm³/mol. The molecule has 0 radical (unpaired) electrons. The molecular formula is C20H17ClN2O5. The summed E-state index contributed by atoms with van der Waals surface area (Å²) in [4.78, 5) is 45.6. The summed E-state index contributed by atoms with van der Waals surface area (Å²) in [5.74, 6) is -2.62. The van der Waals surface area contributed by atoms with Gasteiger partial charge < -0.3 is 4.74 Å². The molecule has 0 aliphatic carbocycles. The number of imide groups is 1. The third-order valence-electron chi connectivity index (χ3n) is 4.74. The first-order valence-electron chi connectivity index (χ1n) is 8.84. The maximum Gasteiger partial charge on any atom is 0.332 e. The van der Waals surface area contributed by atoms with Gasteiger partial charge >= 0.3 is 5.97 Å². The van der Waals surface area contributed by atoms with E-state index in [0.29, 0.717) is 16.4 Å². The van der Waals surface area contributed by atoms with Crippen LogP contribution in [0.1, 0.15) is 6.92 Å². The minimum absolute atomic E-state index is 0.145. The number of hydrogen-bond acceptors (Lipinski definition) is 6. The lowest BCUT2D eigenvalue weighted by molar-refractivity contribution is -0.147. The molecule has 2 amide bonds. The number of carbonyl (C=O) groups excluding carboxylic acids is 3. The Morgan fingerprint density at radius 3 is 2.36 bits per heavy atom. The first-order valence-corrected chi connectivity index (χ1v) is 9.21. The summed E-state index contributed by atoms with van der Waals surface area (Å²) in [5, 5.41) is 1.79. The monoisotopic (exact) mass is 400 g/mol. The van der Waals surface area contributed by atoms with Gasteiger partial charge in [0.05, 0.1) is 18.0 Å². The van der Waals surface area contributed by atoms with E-state index in [0.717, 1.165) is 4.90 Å². The van der Waals surface area contributed by atoms with Gasteiger partial charge in [-0.25, -0.2) is 14.8 Å². The lowest BCUT2D eigenvalue weighted by Gasteiger charge is -2.27. The fourth-order valence-corrected chi connectivity index (χ4v) is 3.65. The van der Waals surface area contributed by atoms with Gasteiger partial charge in [0.2, 0.25) is 5.91 Å². The minimum atomic E-state index is -1.10. The number of hydrogen-bond donors (Lipinski definition) is 0. The van der Waals surface area contributed by atoms with E-state index >= 15 is 0 Å². The van der Waals surface area contributed by atoms with Crippen molar-refractivity contribution in [3.63, 3.8) is 0 Å². The van der Waals surface area contributed by atoms with E-state index in [1.54, 1.807) is 61.5 Å². The number of esters is 1. The van der Waals surface area contributed by atoms with Crippen molar-refractivity contribution < 1.29 is 24.0 Å². The molecule has 2 fully saturated rings. The molecule has 144 valence electrons. The lowest BCUT2D eigenvalue weighted by atomic mass is 9.96. The zero-order valence-electron chi connectivity index (χ0n) is 14.9. The van der Waals surface area contributed by atoms with E-state index < -0.39 is 35.8 Å². The molecule has 0 unspecified atom stereocenters. The number of para-hydroxylation sites is 1. The summed E-state index contributed by atoms with van der Waals surface area (Å²) in [6.45, 7) is 1.82. The van der Waals surface area contributed by atoms with Crippen LogP contribution in [0.25, 0.3) is 0 Å². The standard InChI is InChI=1S/C20H17ClN2O5/c1-2-27-20(26)16-15-17(28-23(16)14-10-8-12(21)9-11-14)19(25)22(18(15)24)13-6-4-3-5-7-13/h3-11,15-17H,2H2,1H3/t15-,16+,17+/m0/s1. The molecule has 8 heteroatoms. The Bertz CT molecular complexity index is 918. The van der Waals surface area contributed by atoms with Crippen LogP contribution in [0.4, 0.5) is 11.4 Å². The first-order chi connectivity index (χ1) is 13.5. The second-order valence-electron chi connectivity index (χ2n) is 6.40. The SMILES string of the molecule is CCOC(=O)[C@H]1[C@@H]2C(=O)N(c3ccccc3)C(=O)[C@@H]2ON1c1ccc(Cl)cc1. The fourth-order valence-electron chi connectivity index (χ4n) is 3.52. The quantitative estimate of drug-likeness (QED) is 0.580. The van der Waals surface area contributed by atoms with Crippen LogP contribution in [-0.4, -0.2) is 36.5 Å². The highest BCUT2D eigenvalue weighted by Gasteiger charge is 2.62. The minimum Gasteiger partial charge on any atom is -0.464 e. The molecule has 2 aliphatic rings. The molecule has 0 bridgehead atoms. The molecule has 28 heavy (non-hydrogen) atoms. The number of nitrogens with zero attached hydrogens (tertiary/aromatic N) is 2. The Balaban J connectivity index is 1.72. The molecule has 0 saturated carbocycles. The molecule has 0 spiro atoms. The van der Waals surface area contributed by atoms with Crippen molar-refractivity contribution >= 4 is 40.8 Å². The normalized spacial score (nSPS) is 23.9. The number of halogens is 1. The van der Waals surface area contributed by atoms with Gasteiger partial charge in [-0.05, 0) is 43.3 Å². The Hall–Kier alpha value is -2.90. The number of ether oxygens (including phenoxy) is 1. The van der Waals surface area contributed by atoms with E-state index in [-0.39, 0.29) is 6.61 Å². The molecule has 0 N–H and O–H groups in total. The summed E-state index contributed by atoms with van der Waals surface area (Å²) >= 11 is 5.93. The van der Waals surface area contributed by atoms with Gasteiger partial charge in [0.25, 0.3) is 5.91 Å². The summed E-state index contributed by atoms with van der Waals surface area (Å²) < 4.78 is 5.17. The van der Waals surface area contributed by atoms with Gasteiger partial charge in [0.15, 0.2) is 12.1 Å². The molecule has 2 saturated heterocycles. The summed E-state index contributed by atoms with van der Waals surface area (Å²) in [6.07, 6.45) is -1.10. The number of hydroxylamine groups is 1. The summed E-state index contributed by atoms with van der Waals surface area (Å²) in [5.41, 5.74) is 0.944. The number of rotatable bonds is 4. The van der Waals surface area contributed by atoms with Crippen molar-refractivity contribution in [3.05, 3.63) is 59.6 Å². The third-order valence-corrected chi connectivity index (χ3v) is 4.99. The van der Waals surface area contributed by atoms with E-state index in [1.165, 1.54) is 5.06 Å². The van der Waals surface area contributed by atoms with Crippen LogP contribution >= 0.6 is 11.6 Å². The van der Waals surface area contributed by atoms with Gasteiger partial charge in [0.1, 0.15) is 5.92 Å². The second kappa shape index (κ2) is 7.26. The van der Waals surface area contributed by atoms with Crippen molar-refractivity contribution in [1.82, 2.24) is 0 Å². The molecule has 2 aromatic rings. The fraction of sp³-hybridized carbons (Fsp3) is 0.250. The van der Waals surface area contributed by atoms with E-state index in [1.807, 2.05) is 0 Å². The maximum atomic E-state index is 13.1. The smallest absolute Gasteiger partial charge is 0.332 e. The third kappa shape index (κ3) is 2.93. The second-order valence-corrected chi connectivity index (χ2v) is 6.83. The number of anilines is 2. The van der Waals surface area contributed by atoms with Crippen molar-refractivity contribution in [2.45, 2.75) is 19.1 Å². The maximum absolute atomic E-state index is 13.1. The van der Waals surface area contributed by atoms with Gasteiger partial charge in [-0.15, -0.1) is 0 Å². The van der Waals surface area contributed by atoms with Gasteiger partial charge in [-0.3, -0.25) is 14.4 Å². The Kier molecular flexibility index (Phi) is 4.78. The molecule has 2 aromatic carbocycles. The Labute approximate surface area is 166 Å². The van der Waals surface area contributed by atoms with E-state index in [4.69, 9.17) is 21.2 Å². The largest absolute Gasteiger partial charge is 0.464 e. The lowest BCUT2D eigenvalue weighted by Crippen LogP contribution is -2.45. The van der Waals surface area contributed by atoms with Crippen LogP contribution in [0, 0.1) is 5.92 Å². The van der Waals surface area contributed by atoms with Crippen LogP contribution in [0.3, 0.4) is 0 Å². The zero-order valence-corrected chi connectivity index (χ0v) is 15.7. The van der Waals surface area contributed by atoms with Gasteiger partial charge in [-0.2, -0.15) is 0 Å². The van der Waals surface area contributed by atoms with Gasteiger partial charge in [0, 0.05) is 5.02 Å². The molecule has 7 nitrogen and oxygen atoms in total. The van der Waals surface area contributed by atoms with Crippen LogP contribution < -0.4 is 9.96 Å². The van der Waals surface area contributed by atoms with E-state index in [9.17, 15) is 14.4 Å². The number of benzene rings is 2. The number of fused-ring (bicyclic) bond motifs is 1. The highest BCUT2D eigenvalue weighted by atomic mass is 35.5. The number of carbonyl (C=O) groups is 3. The highest BCUT2D eigenvalue weighted by molar-refractivity contribution is 6.30. The van der Waals surface area contributed by atoms with Gasteiger partial charge in [-0.1, -0.05) is 29.8 Å². The van der Waals surface area contributed by atoms with Crippen molar-refractivity contribution in [2.75, 3.05) is 16.6 Å². The van der Waals surface area contributed by atoms with Crippen molar-refractivity contribution in [3.8, 4) is 0 Å². The molecule has 2 aliphatic heterocycles. The topological polar surface area (TPSA) is 76.2 Å². The van der Waals surface area contributed by atoms with E-state index in [2.05, 4.69) is 0 Å². The summed E-state index contributed by atoms with van der Waals surface area (Å²) in [7, 11) is 0. The Morgan fingerprint density at radius 2 is 1.71 bits per heavy atom. The zero-order chi connectivity index (χ0) is 19.8.